The number of hydrogen-bond donors (Lipinski definition) is 1. The van der Waals surface area contributed by atoms with Crippen LogP contribution in [-0.4, -0.2) is 34.9 Å². The number of amides is 2. The van der Waals surface area contributed by atoms with Crippen molar-refractivity contribution in [2.75, 3.05) is 11.5 Å². The predicted octanol–water partition coefficient (Wildman–Crippen LogP) is 4.57. The van der Waals surface area contributed by atoms with E-state index >= 15 is 0 Å². The molecule has 3 rings (SSSR count). The van der Waals surface area contributed by atoms with Gasteiger partial charge in [-0.15, -0.1) is 0 Å². The van der Waals surface area contributed by atoms with Gasteiger partial charge in [0.2, 0.25) is 0 Å². The molecule has 1 heterocycles. The van der Waals surface area contributed by atoms with E-state index in [2.05, 4.69) is 0 Å². The Bertz CT molecular complexity index is 985. The van der Waals surface area contributed by atoms with E-state index in [1.54, 1.807) is 61.5 Å². The van der Waals surface area contributed by atoms with Crippen LogP contribution in [0.5, 0.6) is 11.5 Å². The maximum Gasteiger partial charge on any atom is 0.344 e. The van der Waals surface area contributed by atoms with E-state index in [4.69, 9.17) is 14.6 Å². The Hall–Kier alpha value is -3.26. The van der Waals surface area contributed by atoms with Gasteiger partial charge in [0, 0.05) is 0 Å². The summed E-state index contributed by atoms with van der Waals surface area (Å²) in [6.07, 6.45) is 0.960. The molecule has 156 valence electrons. The number of anilines is 1. The quantitative estimate of drug-likeness (QED) is 0.617. The summed E-state index contributed by atoms with van der Waals surface area (Å²) in [4.78, 5) is 37.8. The minimum atomic E-state index is -1.04. The average molecular weight is 427 g/mol. The van der Waals surface area contributed by atoms with Crippen molar-refractivity contribution < 1.29 is 29.0 Å². The van der Waals surface area contributed by atoms with Crippen LogP contribution < -0.4 is 14.4 Å². The molecule has 0 aliphatic carbocycles. The fourth-order valence-corrected chi connectivity index (χ4v) is 3.69. The minimum absolute atomic E-state index is 0.274. The Morgan fingerprint density at radius 1 is 1.13 bits per heavy atom. The Morgan fingerprint density at radius 2 is 1.87 bits per heavy atom. The van der Waals surface area contributed by atoms with E-state index in [1.165, 1.54) is 0 Å². The Morgan fingerprint density at radius 3 is 2.50 bits per heavy atom. The first-order valence-corrected chi connectivity index (χ1v) is 10.2. The van der Waals surface area contributed by atoms with E-state index in [-0.39, 0.29) is 10.1 Å². The first-order valence-electron chi connectivity index (χ1n) is 9.43. The van der Waals surface area contributed by atoms with Crippen LogP contribution in [0.4, 0.5) is 10.5 Å². The summed E-state index contributed by atoms with van der Waals surface area (Å²) in [6, 6.07) is 13.5. The minimum Gasteiger partial charge on any atom is -0.494 e. The number of aliphatic carboxylic acids is 1. The monoisotopic (exact) mass is 427 g/mol. The second-order valence-corrected chi connectivity index (χ2v) is 7.36. The highest BCUT2D eigenvalue weighted by molar-refractivity contribution is 8.19. The lowest BCUT2D eigenvalue weighted by Crippen LogP contribution is -2.27. The van der Waals surface area contributed by atoms with Crippen molar-refractivity contribution in [1.29, 1.82) is 0 Å². The number of carboxylic acid groups (broad SMARTS) is 1. The summed E-state index contributed by atoms with van der Waals surface area (Å²) >= 11 is 0.847. The van der Waals surface area contributed by atoms with Gasteiger partial charge in [-0.25, -0.2) is 9.69 Å². The van der Waals surface area contributed by atoms with E-state index < -0.39 is 18.0 Å². The maximum atomic E-state index is 12.8. The number of benzene rings is 2. The number of rotatable bonds is 8. The third-order valence-corrected chi connectivity index (χ3v) is 5.15. The highest BCUT2D eigenvalue weighted by Gasteiger charge is 2.36. The van der Waals surface area contributed by atoms with Crippen LogP contribution in [0.1, 0.15) is 25.8 Å². The molecule has 1 N–H and O–H groups in total. The molecule has 1 aliphatic heterocycles. The first kappa shape index (κ1) is 21.4. The number of carbonyl (C=O) groups is 3. The molecule has 7 nitrogen and oxygen atoms in total. The van der Waals surface area contributed by atoms with Crippen LogP contribution in [0.3, 0.4) is 0 Å². The molecule has 2 aromatic rings. The number of ether oxygens (including phenoxy) is 2. The summed E-state index contributed by atoms with van der Waals surface area (Å²) in [7, 11) is 0. The molecule has 1 saturated heterocycles. The number of nitrogens with zero attached hydrogens (tertiary/aromatic N) is 1. The van der Waals surface area contributed by atoms with Crippen molar-refractivity contribution >= 4 is 40.6 Å². The average Bonchev–Trinajstić information content (AvgIpc) is 3.00. The molecule has 0 aromatic heterocycles. The van der Waals surface area contributed by atoms with Gasteiger partial charge >= 0.3 is 5.97 Å². The van der Waals surface area contributed by atoms with Crippen LogP contribution in [-0.2, 0) is 9.59 Å². The van der Waals surface area contributed by atoms with Gasteiger partial charge in [0.05, 0.1) is 17.2 Å². The van der Waals surface area contributed by atoms with E-state index in [1.807, 2.05) is 6.92 Å². The fraction of sp³-hybridized carbons (Fsp3) is 0.227. The Labute approximate surface area is 178 Å². The fourth-order valence-electron chi connectivity index (χ4n) is 2.85. The molecule has 1 atom stereocenters. The molecule has 0 spiro atoms. The zero-order chi connectivity index (χ0) is 21.7. The van der Waals surface area contributed by atoms with Crippen molar-refractivity contribution in [3.8, 4) is 11.5 Å². The predicted molar refractivity (Wildman–Crippen MR) is 115 cm³/mol. The molecule has 1 fully saturated rings. The first-order chi connectivity index (χ1) is 14.4. The Kier molecular flexibility index (Phi) is 6.79. The lowest BCUT2D eigenvalue weighted by atomic mass is 10.2. The van der Waals surface area contributed by atoms with E-state index in [9.17, 15) is 14.4 Å². The van der Waals surface area contributed by atoms with Gasteiger partial charge in [-0.05, 0) is 73.1 Å². The van der Waals surface area contributed by atoms with Gasteiger partial charge in [0.25, 0.3) is 11.1 Å². The zero-order valence-corrected chi connectivity index (χ0v) is 17.3. The summed E-state index contributed by atoms with van der Waals surface area (Å²) in [5.74, 6) is -0.423. The van der Waals surface area contributed by atoms with Crippen LogP contribution in [0.2, 0.25) is 0 Å². The number of hydrogen-bond acceptors (Lipinski definition) is 6. The zero-order valence-electron chi connectivity index (χ0n) is 16.5. The maximum absolute atomic E-state index is 12.8. The summed E-state index contributed by atoms with van der Waals surface area (Å²) in [5.41, 5.74) is 1.10. The van der Waals surface area contributed by atoms with Crippen LogP contribution in [0.15, 0.2) is 53.4 Å². The molecule has 30 heavy (non-hydrogen) atoms. The standard InChI is InChI=1S/C22H21NO6S/c1-3-18(21(25)26)29-17-7-5-6-14(12-17)13-19-20(24)23(22(27)30-19)15-8-10-16(11-9-15)28-4-2/h5-13,18H,3-4H2,1-2H3,(H,25,26)/b19-13+. The van der Waals surface area contributed by atoms with Crippen LogP contribution >= 0.6 is 11.8 Å². The molecule has 0 bridgehead atoms. The second-order valence-electron chi connectivity index (χ2n) is 6.37. The Balaban J connectivity index is 1.80. The highest BCUT2D eigenvalue weighted by Crippen LogP contribution is 2.36. The molecule has 0 saturated carbocycles. The molecule has 2 aromatic carbocycles. The smallest absolute Gasteiger partial charge is 0.344 e. The summed E-state index contributed by atoms with van der Waals surface area (Å²) in [6.45, 7) is 4.12. The third-order valence-electron chi connectivity index (χ3n) is 4.28. The van der Waals surface area contributed by atoms with Gasteiger partial charge in [-0.1, -0.05) is 19.1 Å². The van der Waals surface area contributed by atoms with Crippen LogP contribution in [0, 0.1) is 0 Å². The normalized spacial score (nSPS) is 16.1. The van der Waals surface area contributed by atoms with Crippen molar-refractivity contribution in [3.05, 3.63) is 59.0 Å². The topological polar surface area (TPSA) is 93.1 Å². The van der Waals surface area contributed by atoms with Crippen molar-refractivity contribution in [3.63, 3.8) is 0 Å². The number of thioether (sulfide) groups is 1. The number of carbonyl (C=O) groups excluding carboxylic acids is 2. The molecule has 0 radical (unpaired) electrons. The van der Waals surface area contributed by atoms with Crippen molar-refractivity contribution in [2.24, 2.45) is 0 Å². The number of imide groups is 1. The lowest BCUT2D eigenvalue weighted by Gasteiger charge is -2.13. The van der Waals surface area contributed by atoms with E-state index in [0.717, 1.165) is 16.7 Å². The summed E-state index contributed by atoms with van der Waals surface area (Å²) in [5, 5.41) is 8.76. The van der Waals surface area contributed by atoms with Crippen molar-refractivity contribution in [1.82, 2.24) is 0 Å². The van der Waals surface area contributed by atoms with Crippen molar-refractivity contribution in [2.45, 2.75) is 26.4 Å². The third kappa shape index (κ3) is 4.83. The molecule has 2 amide bonds. The van der Waals surface area contributed by atoms with Gasteiger partial charge in [0.15, 0.2) is 6.10 Å². The molecular formula is C22H21NO6S. The largest absolute Gasteiger partial charge is 0.494 e. The van der Waals surface area contributed by atoms with Gasteiger partial charge in [-0.3, -0.25) is 9.59 Å². The molecular weight excluding hydrogens is 406 g/mol. The summed E-state index contributed by atoms with van der Waals surface area (Å²) < 4.78 is 10.9. The SMILES string of the molecule is CCOc1ccc(N2C(=O)S/C(=C/c3cccc(OC(CC)C(=O)O)c3)C2=O)cc1. The molecule has 1 unspecified atom stereocenters. The van der Waals surface area contributed by atoms with E-state index in [0.29, 0.717) is 35.8 Å². The van der Waals surface area contributed by atoms with Gasteiger partial charge < -0.3 is 14.6 Å². The number of carboxylic acids is 1. The highest BCUT2D eigenvalue weighted by atomic mass is 32.2. The molecule has 1 aliphatic rings. The second kappa shape index (κ2) is 9.49. The van der Waals surface area contributed by atoms with Crippen LogP contribution in [0.25, 0.3) is 6.08 Å². The lowest BCUT2D eigenvalue weighted by molar-refractivity contribution is -0.145. The molecule has 8 heteroatoms. The van der Waals surface area contributed by atoms with Gasteiger partial charge in [0.1, 0.15) is 11.5 Å². The van der Waals surface area contributed by atoms with Gasteiger partial charge in [-0.2, -0.15) is 0 Å².